The molecule has 80 valence electrons. The first kappa shape index (κ1) is 13.2. The lowest BCUT2D eigenvalue weighted by atomic mass is 10.2. The van der Waals surface area contributed by atoms with Gasteiger partial charge in [0, 0.05) is 14.2 Å². The number of hydrogen-bond acceptors (Lipinski definition) is 4. The van der Waals surface area contributed by atoms with Gasteiger partial charge in [-0.3, -0.25) is 4.57 Å². The van der Waals surface area contributed by atoms with Gasteiger partial charge in [-0.25, -0.2) is 4.79 Å². The lowest BCUT2D eigenvalue weighted by Gasteiger charge is -2.25. The zero-order valence-corrected chi connectivity index (χ0v) is 9.42. The zero-order valence-electron chi connectivity index (χ0n) is 8.53. The van der Waals surface area contributed by atoms with E-state index in [1.165, 1.54) is 13.8 Å². The van der Waals surface area contributed by atoms with Crippen LogP contribution >= 0.6 is 7.60 Å². The maximum absolute atomic E-state index is 11.9. The maximum atomic E-state index is 11.9. The van der Waals surface area contributed by atoms with Crippen LogP contribution in [0, 0.1) is 11.8 Å². The summed E-state index contributed by atoms with van der Waals surface area (Å²) in [4.78, 5) is 10.9. The lowest BCUT2D eigenvalue weighted by molar-refractivity contribution is -0.138. The highest BCUT2D eigenvalue weighted by Crippen LogP contribution is 2.58. The molecule has 14 heavy (non-hydrogen) atoms. The van der Waals surface area contributed by atoms with Gasteiger partial charge >= 0.3 is 13.6 Å². The molecule has 0 aliphatic rings. The van der Waals surface area contributed by atoms with Crippen molar-refractivity contribution in [1.29, 1.82) is 0 Å². The quantitative estimate of drug-likeness (QED) is 0.571. The van der Waals surface area contributed by atoms with E-state index < -0.39 is 18.7 Å². The number of carboxylic acid groups (broad SMARTS) is 1. The largest absolute Gasteiger partial charge is 0.480 e. The van der Waals surface area contributed by atoms with Crippen molar-refractivity contribution in [2.45, 2.75) is 19.0 Å². The third kappa shape index (κ3) is 1.98. The second-order valence-corrected chi connectivity index (χ2v) is 5.23. The van der Waals surface area contributed by atoms with Gasteiger partial charge in [-0.1, -0.05) is 5.92 Å². The Balaban J connectivity index is 5.49. The average Bonchev–Trinajstić information content (AvgIpc) is 2.16. The zero-order chi connectivity index (χ0) is 11.4. The molecule has 0 aliphatic carbocycles. The highest BCUT2D eigenvalue weighted by molar-refractivity contribution is 7.57. The van der Waals surface area contributed by atoms with Crippen LogP contribution in [0.1, 0.15) is 13.8 Å². The van der Waals surface area contributed by atoms with Crippen LogP contribution in [-0.4, -0.2) is 30.5 Å². The van der Waals surface area contributed by atoms with Crippen LogP contribution in [0.4, 0.5) is 0 Å². The summed E-state index contributed by atoms with van der Waals surface area (Å²) in [5.41, 5.74) is 0. The van der Waals surface area contributed by atoms with Gasteiger partial charge in [-0.05, 0) is 13.8 Å². The lowest BCUT2D eigenvalue weighted by Crippen LogP contribution is -2.34. The number of carboxylic acids is 1. The van der Waals surface area contributed by atoms with E-state index in [1.54, 1.807) is 0 Å². The summed E-state index contributed by atoms with van der Waals surface area (Å²) in [5.74, 6) is 3.40. The first-order valence-corrected chi connectivity index (χ1v) is 5.31. The van der Waals surface area contributed by atoms with Gasteiger partial charge in [0.1, 0.15) is 0 Å². The van der Waals surface area contributed by atoms with Gasteiger partial charge in [-0.2, -0.15) is 0 Å². The third-order valence-corrected chi connectivity index (χ3v) is 4.17. The van der Waals surface area contributed by atoms with Gasteiger partial charge in [0.15, 0.2) is 0 Å². The van der Waals surface area contributed by atoms with Crippen molar-refractivity contribution in [3.63, 3.8) is 0 Å². The maximum Gasteiger partial charge on any atom is 0.359 e. The van der Waals surface area contributed by atoms with Gasteiger partial charge in [0.05, 0.1) is 0 Å². The average molecular weight is 220 g/mol. The van der Waals surface area contributed by atoms with E-state index in [9.17, 15) is 9.36 Å². The second kappa shape index (κ2) is 4.61. The summed E-state index contributed by atoms with van der Waals surface area (Å²) >= 11 is 0. The molecular formula is C8H13O5P. The standard InChI is InChI=1S/C8H13O5P/c1-5-6-8(2,7(9)10)14(11,12-3)13-4/h1-4H3,(H,9,10). The monoisotopic (exact) mass is 220 g/mol. The van der Waals surface area contributed by atoms with Crippen molar-refractivity contribution in [3.05, 3.63) is 0 Å². The minimum Gasteiger partial charge on any atom is -0.480 e. The van der Waals surface area contributed by atoms with Crippen LogP contribution < -0.4 is 0 Å². The van der Waals surface area contributed by atoms with Crippen LogP contribution in [0.5, 0.6) is 0 Å². The molecule has 0 fully saturated rings. The van der Waals surface area contributed by atoms with Crippen LogP contribution in [0.15, 0.2) is 0 Å². The molecule has 0 heterocycles. The first-order chi connectivity index (χ1) is 6.38. The van der Waals surface area contributed by atoms with E-state index in [-0.39, 0.29) is 0 Å². The smallest absolute Gasteiger partial charge is 0.359 e. The van der Waals surface area contributed by atoms with Crippen LogP contribution in [-0.2, 0) is 18.4 Å². The Morgan fingerprint density at radius 3 is 2.07 bits per heavy atom. The third-order valence-electron chi connectivity index (χ3n) is 1.81. The van der Waals surface area contributed by atoms with Gasteiger partial charge in [0.25, 0.3) is 0 Å². The SMILES string of the molecule is CC#CC(C)(C(=O)O)P(=O)(OC)OC. The summed E-state index contributed by atoms with van der Waals surface area (Å²) in [5, 5.41) is 7.10. The molecule has 0 spiro atoms. The molecule has 0 radical (unpaired) electrons. The highest BCUT2D eigenvalue weighted by atomic mass is 31.2. The Morgan fingerprint density at radius 2 is 1.86 bits per heavy atom. The predicted molar refractivity (Wildman–Crippen MR) is 51.1 cm³/mol. The molecule has 0 amide bonds. The Bertz CT molecular complexity index is 318. The normalized spacial score (nSPS) is 15.1. The molecule has 0 aromatic rings. The van der Waals surface area contributed by atoms with Crippen molar-refractivity contribution >= 4 is 13.6 Å². The molecule has 0 saturated heterocycles. The van der Waals surface area contributed by atoms with Crippen molar-refractivity contribution in [1.82, 2.24) is 0 Å². The molecular weight excluding hydrogens is 207 g/mol. The Labute approximate surface area is 82.9 Å². The Hall–Kier alpha value is -0.820. The fourth-order valence-corrected chi connectivity index (χ4v) is 2.28. The van der Waals surface area contributed by atoms with Crippen molar-refractivity contribution < 1.29 is 23.5 Å². The van der Waals surface area contributed by atoms with E-state index in [0.717, 1.165) is 14.2 Å². The molecule has 0 aliphatic heterocycles. The van der Waals surface area contributed by atoms with Crippen LogP contribution in [0.3, 0.4) is 0 Å². The first-order valence-electron chi connectivity index (χ1n) is 3.77. The topological polar surface area (TPSA) is 72.8 Å². The number of carbonyl (C=O) groups is 1. The Morgan fingerprint density at radius 1 is 1.43 bits per heavy atom. The van der Waals surface area contributed by atoms with Crippen molar-refractivity contribution in [3.8, 4) is 11.8 Å². The molecule has 1 atom stereocenters. The summed E-state index contributed by atoms with van der Waals surface area (Å²) in [6.45, 7) is 2.66. The molecule has 0 aromatic carbocycles. The number of aliphatic carboxylic acids is 1. The van der Waals surface area contributed by atoms with Crippen molar-refractivity contribution in [2.75, 3.05) is 14.2 Å². The Kier molecular flexibility index (Phi) is 4.34. The number of hydrogen-bond donors (Lipinski definition) is 1. The van der Waals surface area contributed by atoms with Gasteiger partial charge in [-0.15, -0.1) is 5.92 Å². The van der Waals surface area contributed by atoms with Crippen LogP contribution in [0.2, 0.25) is 0 Å². The van der Waals surface area contributed by atoms with E-state index in [2.05, 4.69) is 20.9 Å². The molecule has 0 aromatic heterocycles. The summed E-state index contributed by atoms with van der Waals surface area (Å²) < 4.78 is 21.1. The molecule has 1 unspecified atom stereocenters. The predicted octanol–water partition coefficient (Wildman–Crippen LogP) is 1.34. The van der Waals surface area contributed by atoms with E-state index in [4.69, 9.17) is 5.11 Å². The van der Waals surface area contributed by atoms with Crippen molar-refractivity contribution in [2.24, 2.45) is 0 Å². The van der Waals surface area contributed by atoms with E-state index in [1.807, 2.05) is 0 Å². The molecule has 0 bridgehead atoms. The van der Waals surface area contributed by atoms with E-state index >= 15 is 0 Å². The summed E-state index contributed by atoms with van der Waals surface area (Å²) in [6, 6.07) is 0. The molecule has 0 saturated carbocycles. The fraction of sp³-hybridized carbons (Fsp3) is 0.625. The molecule has 6 heteroatoms. The molecule has 5 nitrogen and oxygen atoms in total. The fourth-order valence-electron chi connectivity index (χ4n) is 0.922. The minimum absolute atomic E-state index is 1.13. The number of rotatable bonds is 4. The van der Waals surface area contributed by atoms with Crippen LogP contribution in [0.25, 0.3) is 0 Å². The minimum atomic E-state index is -3.75. The van der Waals surface area contributed by atoms with Gasteiger partial charge in [0.2, 0.25) is 5.16 Å². The summed E-state index contributed by atoms with van der Waals surface area (Å²) in [6.07, 6.45) is 0. The molecule has 1 N–H and O–H groups in total. The molecule has 0 rings (SSSR count). The van der Waals surface area contributed by atoms with E-state index in [0.29, 0.717) is 0 Å². The second-order valence-electron chi connectivity index (χ2n) is 2.61. The van der Waals surface area contributed by atoms with Gasteiger partial charge < -0.3 is 14.2 Å². The summed E-state index contributed by atoms with van der Waals surface area (Å²) in [7, 11) is -1.49. The highest BCUT2D eigenvalue weighted by Gasteiger charge is 2.51.